The Balaban J connectivity index is 1.98. The fourth-order valence-electron chi connectivity index (χ4n) is 1.60. The van der Waals surface area contributed by atoms with E-state index in [9.17, 15) is 4.79 Å². The van der Waals surface area contributed by atoms with Gasteiger partial charge < -0.3 is 10.1 Å². The number of nitrogens with zero attached hydrogens (tertiary/aromatic N) is 2. The molecule has 19 heavy (non-hydrogen) atoms. The molecule has 0 saturated carbocycles. The third-order valence-corrected chi connectivity index (χ3v) is 3.47. The Kier molecular flexibility index (Phi) is 4.46. The van der Waals surface area contributed by atoms with Crippen LogP contribution in [0.2, 0.25) is 0 Å². The second-order valence-corrected chi connectivity index (χ2v) is 4.90. The molecule has 0 radical (unpaired) electrons. The molecule has 2 aromatic rings. The standard InChI is InChI=1S/C13H15N3O2S/c1-9(10-3-5-14-6-4-10)15-13-16-11(8-19-13)7-12(17)18-2/h3-6,8-9H,7H2,1-2H3,(H,15,16). The molecule has 2 aromatic heterocycles. The van der Waals surface area contributed by atoms with Gasteiger partial charge in [0.1, 0.15) is 0 Å². The molecule has 0 fully saturated rings. The molecular weight excluding hydrogens is 262 g/mol. The van der Waals surface area contributed by atoms with E-state index in [1.165, 1.54) is 18.4 Å². The second-order valence-electron chi connectivity index (χ2n) is 4.04. The van der Waals surface area contributed by atoms with Crippen LogP contribution in [0.15, 0.2) is 29.9 Å². The number of pyridine rings is 1. The van der Waals surface area contributed by atoms with E-state index in [0.717, 1.165) is 16.4 Å². The number of carbonyl (C=O) groups is 1. The van der Waals surface area contributed by atoms with E-state index in [1.807, 2.05) is 17.5 Å². The van der Waals surface area contributed by atoms with E-state index >= 15 is 0 Å². The van der Waals surface area contributed by atoms with Crippen LogP contribution in [0.4, 0.5) is 5.13 Å². The van der Waals surface area contributed by atoms with Crippen molar-refractivity contribution in [3.63, 3.8) is 0 Å². The molecule has 2 rings (SSSR count). The molecule has 0 saturated heterocycles. The average molecular weight is 277 g/mol. The van der Waals surface area contributed by atoms with Crippen molar-refractivity contribution in [1.82, 2.24) is 9.97 Å². The van der Waals surface area contributed by atoms with Crippen molar-refractivity contribution in [2.45, 2.75) is 19.4 Å². The lowest BCUT2D eigenvalue weighted by molar-refractivity contribution is -0.139. The molecule has 2 heterocycles. The zero-order valence-electron chi connectivity index (χ0n) is 10.8. The molecule has 0 aliphatic rings. The van der Waals surface area contributed by atoms with Gasteiger partial charge in [0, 0.05) is 17.8 Å². The molecule has 0 spiro atoms. The highest BCUT2D eigenvalue weighted by molar-refractivity contribution is 7.13. The van der Waals surface area contributed by atoms with Crippen LogP contribution in [0, 0.1) is 0 Å². The summed E-state index contributed by atoms with van der Waals surface area (Å²) < 4.78 is 4.61. The number of aromatic nitrogens is 2. The summed E-state index contributed by atoms with van der Waals surface area (Å²) in [4.78, 5) is 19.5. The first-order valence-corrected chi connectivity index (χ1v) is 6.74. The van der Waals surface area contributed by atoms with Gasteiger partial charge in [0.25, 0.3) is 0 Å². The Hall–Kier alpha value is -1.95. The van der Waals surface area contributed by atoms with Gasteiger partial charge >= 0.3 is 5.97 Å². The van der Waals surface area contributed by atoms with E-state index in [0.29, 0.717) is 0 Å². The summed E-state index contributed by atoms with van der Waals surface area (Å²) in [5.41, 5.74) is 1.86. The molecule has 5 nitrogen and oxygen atoms in total. The quantitative estimate of drug-likeness (QED) is 0.850. The molecule has 1 N–H and O–H groups in total. The first-order chi connectivity index (χ1) is 9.19. The van der Waals surface area contributed by atoms with Gasteiger partial charge in [-0.15, -0.1) is 11.3 Å². The Bertz CT molecular complexity index is 542. The lowest BCUT2D eigenvalue weighted by Gasteiger charge is -2.12. The summed E-state index contributed by atoms with van der Waals surface area (Å²) in [5.74, 6) is -0.279. The summed E-state index contributed by atoms with van der Waals surface area (Å²) in [6, 6.07) is 4.06. The van der Waals surface area contributed by atoms with Gasteiger partial charge in [-0.2, -0.15) is 0 Å². The number of methoxy groups -OCH3 is 1. The highest BCUT2D eigenvalue weighted by atomic mass is 32.1. The van der Waals surface area contributed by atoms with Crippen LogP contribution in [-0.4, -0.2) is 23.0 Å². The number of thiazole rings is 1. The number of hydrogen-bond donors (Lipinski definition) is 1. The number of esters is 1. The Morgan fingerprint density at radius 3 is 2.89 bits per heavy atom. The van der Waals surface area contributed by atoms with Crippen molar-refractivity contribution in [3.8, 4) is 0 Å². The highest BCUT2D eigenvalue weighted by Crippen LogP contribution is 2.22. The third-order valence-electron chi connectivity index (χ3n) is 2.65. The highest BCUT2D eigenvalue weighted by Gasteiger charge is 2.10. The van der Waals surface area contributed by atoms with Gasteiger partial charge in [-0.1, -0.05) is 0 Å². The van der Waals surface area contributed by atoms with Crippen LogP contribution in [0.3, 0.4) is 0 Å². The molecule has 0 amide bonds. The Morgan fingerprint density at radius 1 is 1.47 bits per heavy atom. The average Bonchev–Trinajstić information content (AvgIpc) is 2.86. The van der Waals surface area contributed by atoms with Gasteiger partial charge in [-0.3, -0.25) is 9.78 Å². The minimum Gasteiger partial charge on any atom is -0.469 e. The number of nitrogens with one attached hydrogen (secondary N) is 1. The fraction of sp³-hybridized carbons (Fsp3) is 0.308. The third kappa shape index (κ3) is 3.75. The van der Waals surface area contributed by atoms with Crippen LogP contribution >= 0.6 is 11.3 Å². The maximum atomic E-state index is 11.1. The zero-order chi connectivity index (χ0) is 13.7. The smallest absolute Gasteiger partial charge is 0.311 e. The monoisotopic (exact) mass is 277 g/mol. The second kappa shape index (κ2) is 6.29. The number of ether oxygens (including phenoxy) is 1. The van der Waals surface area contributed by atoms with Crippen molar-refractivity contribution < 1.29 is 9.53 Å². The molecule has 0 aliphatic heterocycles. The number of anilines is 1. The van der Waals surface area contributed by atoms with Crippen LogP contribution in [-0.2, 0) is 16.0 Å². The van der Waals surface area contributed by atoms with Crippen molar-refractivity contribution >= 4 is 22.4 Å². The largest absolute Gasteiger partial charge is 0.469 e. The van der Waals surface area contributed by atoms with Gasteiger partial charge in [-0.25, -0.2) is 4.98 Å². The van der Waals surface area contributed by atoms with E-state index in [-0.39, 0.29) is 18.4 Å². The van der Waals surface area contributed by atoms with Crippen LogP contribution in [0.5, 0.6) is 0 Å². The zero-order valence-corrected chi connectivity index (χ0v) is 11.6. The van der Waals surface area contributed by atoms with Gasteiger partial charge in [0.15, 0.2) is 5.13 Å². The lowest BCUT2D eigenvalue weighted by atomic mass is 10.1. The van der Waals surface area contributed by atoms with Crippen molar-refractivity contribution in [1.29, 1.82) is 0 Å². The molecule has 0 bridgehead atoms. The van der Waals surface area contributed by atoms with Gasteiger partial charge in [0.05, 0.1) is 25.3 Å². The maximum Gasteiger partial charge on any atom is 0.311 e. The van der Waals surface area contributed by atoms with E-state index in [4.69, 9.17) is 0 Å². The van der Waals surface area contributed by atoms with E-state index < -0.39 is 0 Å². The van der Waals surface area contributed by atoms with E-state index in [2.05, 4.69) is 26.9 Å². The Labute approximate surface area is 115 Å². The van der Waals surface area contributed by atoms with Crippen LogP contribution in [0.1, 0.15) is 24.2 Å². The summed E-state index contributed by atoms with van der Waals surface area (Å²) in [7, 11) is 1.37. The number of carbonyl (C=O) groups excluding carboxylic acids is 1. The summed E-state index contributed by atoms with van der Waals surface area (Å²) in [5, 5.41) is 5.95. The van der Waals surface area contributed by atoms with Crippen molar-refractivity contribution in [2.75, 3.05) is 12.4 Å². The molecule has 6 heteroatoms. The molecule has 0 aliphatic carbocycles. The number of hydrogen-bond acceptors (Lipinski definition) is 6. The van der Waals surface area contributed by atoms with Crippen molar-refractivity contribution in [3.05, 3.63) is 41.2 Å². The maximum absolute atomic E-state index is 11.1. The summed E-state index contributed by atoms with van der Waals surface area (Å²) in [6.45, 7) is 2.05. The molecule has 100 valence electrons. The minimum atomic E-state index is -0.279. The SMILES string of the molecule is COC(=O)Cc1csc(NC(C)c2ccncc2)n1. The topological polar surface area (TPSA) is 64.1 Å². The summed E-state index contributed by atoms with van der Waals surface area (Å²) >= 11 is 1.48. The first-order valence-electron chi connectivity index (χ1n) is 5.86. The molecule has 0 aromatic carbocycles. The predicted octanol–water partition coefficient (Wildman–Crippen LogP) is 2.43. The van der Waals surface area contributed by atoms with Gasteiger partial charge in [0.2, 0.25) is 0 Å². The number of rotatable bonds is 5. The summed E-state index contributed by atoms with van der Waals surface area (Å²) in [6.07, 6.45) is 3.73. The molecule has 1 atom stereocenters. The molecular formula is C13H15N3O2S. The fourth-order valence-corrected chi connectivity index (χ4v) is 2.39. The van der Waals surface area contributed by atoms with Crippen LogP contribution < -0.4 is 5.32 Å². The van der Waals surface area contributed by atoms with E-state index in [1.54, 1.807) is 12.4 Å². The normalized spacial score (nSPS) is 11.9. The first kappa shape index (κ1) is 13.5. The van der Waals surface area contributed by atoms with Crippen molar-refractivity contribution in [2.24, 2.45) is 0 Å². The molecule has 1 unspecified atom stereocenters. The van der Waals surface area contributed by atoms with Gasteiger partial charge in [-0.05, 0) is 24.6 Å². The lowest BCUT2D eigenvalue weighted by Crippen LogP contribution is -2.07. The predicted molar refractivity (Wildman–Crippen MR) is 74.1 cm³/mol. The minimum absolute atomic E-state index is 0.139. The van der Waals surface area contributed by atoms with Crippen LogP contribution in [0.25, 0.3) is 0 Å². The Morgan fingerprint density at radius 2 is 2.21 bits per heavy atom.